The molecule has 1 atom stereocenters. The lowest BCUT2D eigenvalue weighted by molar-refractivity contribution is -0.0143. The fourth-order valence-electron chi connectivity index (χ4n) is 2.34. The van der Waals surface area contributed by atoms with Crippen LogP contribution >= 0.6 is 0 Å². The Morgan fingerprint density at radius 3 is 2.56 bits per heavy atom. The molecule has 0 aromatic heterocycles. The molecule has 0 aromatic carbocycles. The molecule has 1 aliphatic carbocycles. The molecule has 3 nitrogen and oxygen atoms in total. The standard InChI is InChI=1S/C15H32N2O/c1-6-10-16-14(15(2,3)18-5)9-11-17(4)12-13-7-8-13/h13-14,16H,6-12H2,1-5H3. The zero-order chi connectivity index (χ0) is 13.6. The Balaban J connectivity index is 2.33. The minimum absolute atomic E-state index is 0.0877. The first kappa shape index (κ1) is 15.9. The van der Waals surface area contributed by atoms with E-state index in [0.29, 0.717) is 6.04 Å². The van der Waals surface area contributed by atoms with E-state index in [0.717, 1.165) is 25.4 Å². The van der Waals surface area contributed by atoms with Crippen LogP contribution < -0.4 is 5.32 Å². The van der Waals surface area contributed by atoms with Gasteiger partial charge in [0.15, 0.2) is 0 Å². The van der Waals surface area contributed by atoms with Crippen molar-refractivity contribution in [2.45, 2.75) is 58.1 Å². The highest BCUT2D eigenvalue weighted by Gasteiger charge is 2.29. The van der Waals surface area contributed by atoms with E-state index in [9.17, 15) is 0 Å². The third-order valence-electron chi connectivity index (χ3n) is 4.07. The molecule has 1 fully saturated rings. The summed E-state index contributed by atoms with van der Waals surface area (Å²) in [5.74, 6) is 0.979. The number of hydrogen-bond acceptors (Lipinski definition) is 3. The van der Waals surface area contributed by atoms with Gasteiger partial charge in [-0.25, -0.2) is 0 Å². The van der Waals surface area contributed by atoms with Crippen LogP contribution in [-0.4, -0.2) is 50.3 Å². The Morgan fingerprint density at radius 2 is 2.06 bits per heavy atom. The SMILES string of the molecule is CCCNC(CCN(C)CC1CC1)C(C)(C)OC. The lowest BCUT2D eigenvalue weighted by Gasteiger charge is -2.35. The van der Waals surface area contributed by atoms with Crippen molar-refractivity contribution in [1.82, 2.24) is 10.2 Å². The van der Waals surface area contributed by atoms with Crippen molar-refractivity contribution in [2.24, 2.45) is 5.92 Å². The summed E-state index contributed by atoms with van der Waals surface area (Å²) in [5.41, 5.74) is -0.0877. The van der Waals surface area contributed by atoms with Crippen molar-refractivity contribution in [3.05, 3.63) is 0 Å². The van der Waals surface area contributed by atoms with Gasteiger partial charge in [0.1, 0.15) is 0 Å². The van der Waals surface area contributed by atoms with E-state index in [2.05, 4.69) is 38.0 Å². The molecule has 108 valence electrons. The normalized spacial score (nSPS) is 18.3. The fraction of sp³-hybridized carbons (Fsp3) is 1.00. The topological polar surface area (TPSA) is 24.5 Å². The fourth-order valence-corrected chi connectivity index (χ4v) is 2.34. The van der Waals surface area contributed by atoms with Crippen LogP contribution in [0.5, 0.6) is 0 Å². The predicted molar refractivity (Wildman–Crippen MR) is 78.0 cm³/mol. The van der Waals surface area contributed by atoms with E-state index in [1.165, 1.54) is 25.8 Å². The summed E-state index contributed by atoms with van der Waals surface area (Å²) < 4.78 is 5.64. The minimum atomic E-state index is -0.0877. The van der Waals surface area contributed by atoms with Crippen LogP contribution in [0.2, 0.25) is 0 Å². The largest absolute Gasteiger partial charge is 0.377 e. The molecule has 1 saturated carbocycles. The van der Waals surface area contributed by atoms with Crippen LogP contribution in [0.3, 0.4) is 0 Å². The van der Waals surface area contributed by atoms with Crippen molar-refractivity contribution in [1.29, 1.82) is 0 Å². The molecule has 3 heteroatoms. The summed E-state index contributed by atoms with van der Waals surface area (Å²) in [6.45, 7) is 10.1. The van der Waals surface area contributed by atoms with E-state index in [1.54, 1.807) is 0 Å². The monoisotopic (exact) mass is 256 g/mol. The van der Waals surface area contributed by atoms with E-state index >= 15 is 0 Å². The molecule has 0 bridgehead atoms. The number of methoxy groups -OCH3 is 1. The van der Waals surface area contributed by atoms with E-state index in [1.807, 2.05) is 7.11 Å². The highest BCUT2D eigenvalue weighted by molar-refractivity contribution is 4.86. The van der Waals surface area contributed by atoms with Gasteiger partial charge < -0.3 is 15.0 Å². The maximum Gasteiger partial charge on any atom is 0.0775 e. The molecule has 0 aromatic rings. The highest BCUT2D eigenvalue weighted by atomic mass is 16.5. The minimum Gasteiger partial charge on any atom is -0.377 e. The number of hydrogen-bond donors (Lipinski definition) is 1. The third kappa shape index (κ3) is 5.68. The van der Waals surface area contributed by atoms with Crippen LogP contribution in [-0.2, 0) is 4.74 Å². The van der Waals surface area contributed by atoms with Crippen LogP contribution in [0.1, 0.15) is 46.5 Å². The van der Waals surface area contributed by atoms with Gasteiger partial charge >= 0.3 is 0 Å². The van der Waals surface area contributed by atoms with Gasteiger partial charge in [0, 0.05) is 19.7 Å². The molecule has 18 heavy (non-hydrogen) atoms. The first-order valence-electron chi connectivity index (χ1n) is 7.46. The van der Waals surface area contributed by atoms with Crippen LogP contribution in [0, 0.1) is 5.92 Å². The molecule has 0 heterocycles. The summed E-state index contributed by atoms with van der Waals surface area (Å²) >= 11 is 0. The van der Waals surface area contributed by atoms with Crippen molar-refractivity contribution >= 4 is 0 Å². The van der Waals surface area contributed by atoms with Crippen molar-refractivity contribution in [3.63, 3.8) is 0 Å². The zero-order valence-electron chi connectivity index (χ0n) is 13.0. The number of ether oxygens (including phenoxy) is 1. The molecule has 1 aliphatic rings. The second-order valence-electron chi connectivity index (χ2n) is 6.31. The van der Waals surface area contributed by atoms with Gasteiger partial charge in [0.05, 0.1) is 5.60 Å². The molecular weight excluding hydrogens is 224 g/mol. The molecule has 1 rings (SSSR count). The Bertz CT molecular complexity index is 227. The molecular formula is C15H32N2O. The predicted octanol–water partition coefficient (Wildman–Crippen LogP) is 2.51. The van der Waals surface area contributed by atoms with Gasteiger partial charge in [-0.05, 0) is 65.6 Å². The Hall–Kier alpha value is -0.120. The van der Waals surface area contributed by atoms with Gasteiger partial charge in [0.25, 0.3) is 0 Å². The summed E-state index contributed by atoms with van der Waals surface area (Å²) in [6, 6.07) is 0.434. The molecule has 0 saturated heterocycles. The Kier molecular flexibility index (Phi) is 6.61. The molecule has 0 spiro atoms. The second-order valence-corrected chi connectivity index (χ2v) is 6.31. The van der Waals surface area contributed by atoms with Crippen molar-refractivity contribution in [2.75, 3.05) is 33.8 Å². The molecule has 1 unspecified atom stereocenters. The molecule has 0 aliphatic heterocycles. The Labute approximate surface area is 113 Å². The van der Waals surface area contributed by atoms with Crippen LogP contribution in [0.4, 0.5) is 0 Å². The van der Waals surface area contributed by atoms with Crippen molar-refractivity contribution < 1.29 is 4.74 Å². The Morgan fingerprint density at radius 1 is 1.39 bits per heavy atom. The average Bonchev–Trinajstić information content (AvgIpc) is 3.12. The zero-order valence-corrected chi connectivity index (χ0v) is 13.0. The quantitative estimate of drug-likeness (QED) is 0.650. The summed E-state index contributed by atoms with van der Waals surface area (Å²) in [7, 11) is 4.06. The first-order chi connectivity index (χ1) is 8.49. The van der Waals surface area contributed by atoms with E-state index in [4.69, 9.17) is 4.74 Å². The van der Waals surface area contributed by atoms with E-state index in [-0.39, 0.29) is 5.60 Å². The highest BCUT2D eigenvalue weighted by Crippen LogP contribution is 2.29. The second kappa shape index (κ2) is 7.46. The van der Waals surface area contributed by atoms with Crippen molar-refractivity contribution in [3.8, 4) is 0 Å². The first-order valence-corrected chi connectivity index (χ1v) is 7.46. The van der Waals surface area contributed by atoms with E-state index < -0.39 is 0 Å². The van der Waals surface area contributed by atoms with Gasteiger partial charge in [-0.15, -0.1) is 0 Å². The summed E-state index contributed by atoms with van der Waals surface area (Å²) in [6.07, 6.45) is 5.20. The van der Waals surface area contributed by atoms with Crippen LogP contribution in [0.25, 0.3) is 0 Å². The van der Waals surface area contributed by atoms with Gasteiger partial charge in [-0.2, -0.15) is 0 Å². The number of nitrogens with one attached hydrogen (secondary N) is 1. The van der Waals surface area contributed by atoms with Gasteiger partial charge in [-0.3, -0.25) is 0 Å². The summed E-state index contributed by atoms with van der Waals surface area (Å²) in [4.78, 5) is 2.48. The number of nitrogens with zero attached hydrogens (tertiary/aromatic N) is 1. The van der Waals surface area contributed by atoms with Gasteiger partial charge in [-0.1, -0.05) is 6.92 Å². The maximum absolute atomic E-state index is 5.64. The molecule has 1 N–H and O–H groups in total. The molecule has 0 amide bonds. The lowest BCUT2D eigenvalue weighted by Crippen LogP contribution is -2.49. The smallest absolute Gasteiger partial charge is 0.0775 e. The third-order valence-corrected chi connectivity index (χ3v) is 4.07. The maximum atomic E-state index is 5.64. The van der Waals surface area contributed by atoms with Gasteiger partial charge in [0.2, 0.25) is 0 Å². The number of rotatable bonds is 10. The molecule has 0 radical (unpaired) electrons. The average molecular weight is 256 g/mol. The van der Waals surface area contributed by atoms with Crippen LogP contribution in [0.15, 0.2) is 0 Å². The lowest BCUT2D eigenvalue weighted by atomic mass is 9.95. The summed E-state index contributed by atoms with van der Waals surface area (Å²) in [5, 5.41) is 3.63.